The molecule has 4 N–H and O–H groups in total. The maximum atomic E-state index is 15.4. The van der Waals surface area contributed by atoms with Crippen LogP contribution in [0.1, 0.15) is 36.3 Å². The van der Waals surface area contributed by atoms with Crippen LogP contribution in [0.2, 0.25) is 0 Å². The Balaban J connectivity index is 1.73. The maximum absolute atomic E-state index is 15.4. The smallest absolute Gasteiger partial charge is 0.402 e. The van der Waals surface area contributed by atoms with E-state index in [4.69, 9.17) is 10.5 Å². The average molecular weight is 405 g/mol. The molecule has 2 aromatic heterocycles. The molecule has 0 bridgehead atoms. The molecular weight excluding hydrogens is 386 g/mol. The third-order valence-corrected chi connectivity index (χ3v) is 5.14. The molecule has 4 rings (SSSR count). The summed E-state index contributed by atoms with van der Waals surface area (Å²) in [4.78, 5) is 5.29. The molecule has 29 heavy (non-hydrogen) atoms. The van der Waals surface area contributed by atoms with Gasteiger partial charge in [-0.1, -0.05) is 18.6 Å². The molecule has 0 spiro atoms. The minimum absolute atomic E-state index is 0.0264. The third kappa shape index (κ3) is 3.87. The van der Waals surface area contributed by atoms with Gasteiger partial charge in [-0.3, -0.25) is 5.73 Å². The van der Waals surface area contributed by atoms with Gasteiger partial charge in [-0.15, -0.1) is 0 Å². The van der Waals surface area contributed by atoms with Gasteiger partial charge in [0, 0.05) is 22.8 Å². The summed E-state index contributed by atoms with van der Waals surface area (Å²) in [5, 5.41) is 0. The number of nitrogens with one attached hydrogen (secondary N) is 2. The first-order chi connectivity index (χ1) is 13.8. The van der Waals surface area contributed by atoms with Gasteiger partial charge in [-0.2, -0.15) is 18.2 Å². The van der Waals surface area contributed by atoms with E-state index in [2.05, 4.69) is 9.97 Å². The van der Waals surface area contributed by atoms with Crippen LogP contribution in [0.5, 0.6) is 11.6 Å². The van der Waals surface area contributed by atoms with Gasteiger partial charge < -0.3 is 4.74 Å². The number of nitrogens with two attached hydrogens (primary N) is 1. The molecule has 0 unspecified atom stereocenters. The third-order valence-electron chi connectivity index (χ3n) is 5.14. The van der Waals surface area contributed by atoms with E-state index in [1.54, 1.807) is 24.4 Å². The molecule has 1 saturated carbocycles. The van der Waals surface area contributed by atoms with E-state index in [0.29, 0.717) is 22.5 Å². The molecule has 1 aliphatic carbocycles. The maximum Gasteiger partial charge on any atom is 0.422 e. The lowest BCUT2D eigenvalue weighted by Crippen LogP contribution is -2.15. The van der Waals surface area contributed by atoms with Crippen molar-refractivity contribution in [2.75, 3.05) is 5.73 Å². The zero-order valence-corrected chi connectivity index (χ0v) is 15.3. The summed E-state index contributed by atoms with van der Waals surface area (Å²) in [5.74, 6) is 0.0939. The van der Waals surface area contributed by atoms with Crippen LogP contribution in [0.4, 0.5) is 23.4 Å². The van der Waals surface area contributed by atoms with Crippen LogP contribution < -0.4 is 20.4 Å². The van der Waals surface area contributed by atoms with Crippen molar-refractivity contribution in [3.63, 3.8) is 0 Å². The van der Waals surface area contributed by atoms with Crippen LogP contribution in [0.3, 0.4) is 0 Å². The first-order valence-electron chi connectivity index (χ1n) is 9.19. The van der Waals surface area contributed by atoms with Crippen LogP contribution in [-0.2, 0) is 6.18 Å². The zero-order valence-electron chi connectivity index (χ0n) is 15.3. The Bertz CT molecular complexity index is 1010. The molecule has 150 valence electrons. The number of nitrogen functional groups attached to an aromatic ring is 1. The normalized spacial score (nSPS) is 14.5. The number of aromatic amines is 2. The van der Waals surface area contributed by atoms with E-state index in [1.807, 2.05) is 6.07 Å². The molecule has 1 aliphatic rings. The number of benzene rings is 1. The molecule has 3 aromatic rings. The van der Waals surface area contributed by atoms with Crippen molar-refractivity contribution in [3.05, 3.63) is 65.7 Å². The largest absolute Gasteiger partial charge is 0.422 e. The summed E-state index contributed by atoms with van der Waals surface area (Å²) < 4.78 is 59.5. The standard InChI is InChI=1S/C21H17F4N3O/c22-19-15(13-4-8-17(26)27-10-13)6-7-16(12-2-1-3-12)20(19)29-18-9-5-14(11-28-18)21(23,24)25/h4-12H,1-3H2,(H2,26,27)/p+2. The van der Waals surface area contributed by atoms with Crippen molar-refractivity contribution in [2.24, 2.45) is 0 Å². The Kier molecular flexibility index (Phi) is 4.86. The van der Waals surface area contributed by atoms with Crippen molar-refractivity contribution in [3.8, 4) is 22.8 Å². The van der Waals surface area contributed by atoms with Crippen LogP contribution in [0.25, 0.3) is 11.1 Å². The Morgan fingerprint density at radius 3 is 2.31 bits per heavy atom. The first-order valence-corrected chi connectivity index (χ1v) is 9.19. The van der Waals surface area contributed by atoms with Gasteiger partial charge in [-0.25, -0.2) is 9.37 Å². The summed E-state index contributed by atoms with van der Waals surface area (Å²) in [6, 6.07) is 8.85. The van der Waals surface area contributed by atoms with Crippen LogP contribution in [0.15, 0.2) is 48.8 Å². The molecule has 1 aromatic carbocycles. The molecule has 8 heteroatoms. The van der Waals surface area contributed by atoms with Gasteiger partial charge in [-0.05, 0) is 30.9 Å². The van der Waals surface area contributed by atoms with Gasteiger partial charge in [0.2, 0.25) is 0 Å². The molecule has 1 fully saturated rings. The Morgan fingerprint density at radius 1 is 0.966 bits per heavy atom. The number of alkyl halides is 3. The van der Waals surface area contributed by atoms with Crippen molar-refractivity contribution < 1.29 is 32.3 Å². The molecule has 4 nitrogen and oxygen atoms in total. The highest BCUT2D eigenvalue weighted by Crippen LogP contribution is 2.44. The van der Waals surface area contributed by atoms with E-state index in [-0.39, 0.29) is 17.5 Å². The lowest BCUT2D eigenvalue weighted by atomic mass is 9.79. The van der Waals surface area contributed by atoms with Gasteiger partial charge in [0.05, 0.1) is 12.3 Å². The summed E-state index contributed by atoms with van der Waals surface area (Å²) in [6.45, 7) is 0. The number of rotatable bonds is 4. The molecule has 2 heterocycles. The first kappa shape index (κ1) is 19.2. The molecular formula is C21H19F4N3O+2. The van der Waals surface area contributed by atoms with E-state index in [9.17, 15) is 13.2 Å². The second-order valence-corrected chi connectivity index (χ2v) is 7.05. The quantitative estimate of drug-likeness (QED) is 0.635. The van der Waals surface area contributed by atoms with Gasteiger partial charge in [0.1, 0.15) is 5.56 Å². The predicted molar refractivity (Wildman–Crippen MR) is 97.5 cm³/mol. The van der Waals surface area contributed by atoms with Crippen LogP contribution >= 0.6 is 0 Å². The Labute approximate surface area is 164 Å². The highest BCUT2D eigenvalue weighted by Gasteiger charge is 2.33. The number of anilines is 1. The number of hydrogen-bond donors (Lipinski definition) is 1. The highest BCUT2D eigenvalue weighted by molar-refractivity contribution is 5.67. The number of ether oxygens (including phenoxy) is 1. The molecule has 0 atom stereocenters. The molecule has 0 saturated heterocycles. The summed E-state index contributed by atoms with van der Waals surface area (Å²) in [5.41, 5.74) is 6.42. The fourth-order valence-electron chi connectivity index (χ4n) is 3.30. The van der Waals surface area contributed by atoms with E-state index in [1.165, 1.54) is 0 Å². The summed E-state index contributed by atoms with van der Waals surface area (Å²) in [6.07, 6.45) is 0.804. The minimum Gasteiger partial charge on any atom is -0.402 e. The van der Waals surface area contributed by atoms with E-state index < -0.39 is 17.6 Å². The van der Waals surface area contributed by atoms with Crippen molar-refractivity contribution >= 4 is 5.82 Å². The summed E-state index contributed by atoms with van der Waals surface area (Å²) in [7, 11) is 0. The number of pyridine rings is 2. The van der Waals surface area contributed by atoms with E-state index in [0.717, 1.165) is 37.6 Å². The van der Waals surface area contributed by atoms with Crippen molar-refractivity contribution in [1.29, 1.82) is 0 Å². The summed E-state index contributed by atoms with van der Waals surface area (Å²) >= 11 is 0. The number of aromatic nitrogens is 2. The van der Waals surface area contributed by atoms with Gasteiger partial charge >= 0.3 is 12.1 Å². The fourth-order valence-corrected chi connectivity index (χ4v) is 3.30. The van der Waals surface area contributed by atoms with Crippen molar-refractivity contribution in [1.82, 2.24) is 0 Å². The van der Waals surface area contributed by atoms with E-state index >= 15 is 4.39 Å². The van der Waals surface area contributed by atoms with Gasteiger partial charge in [0.15, 0.2) is 17.8 Å². The minimum atomic E-state index is -4.47. The topological polar surface area (TPSA) is 63.5 Å². The zero-order chi connectivity index (χ0) is 20.6. The number of hydrogen-bond acceptors (Lipinski definition) is 2. The lowest BCUT2D eigenvalue weighted by Gasteiger charge is -2.27. The number of halogens is 4. The second kappa shape index (κ2) is 7.35. The molecule has 0 radical (unpaired) electrons. The van der Waals surface area contributed by atoms with Crippen LogP contribution in [0, 0.1) is 5.82 Å². The SMILES string of the molecule is Nc1ccc(-c2ccc(C3CCC3)c(Oc3ccc(C(F)(F)F)c[nH+]3)c2F)c[nH+]1. The lowest BCUT2D eigenvalue weighted by molar-refractivity contribution is -0.394. The highest BCUT2D eigenvalue weighted by atomic mass is 19.4. The molecule has 0 amide bonds. The Hall–Kier alpha value is -3.16. The fraction of sp³-hybridized carbons (Fsp3) is 0.238. The van der Waals surface area contributed by atoms with Gasteiger partial charge in [0.25, 0.3) is 5.82 Å². The monoisotopic (exact) mass is 405 g/mol. The predicted octanol–water partition coefficient (Wildman–Crippen LogP) is 4.78. The Morgan fingerprint density at radius 2 is 1.76 bits per heavy atom. The van der Waals surface area contributed by atoms with Crippen molar-refractivity contribution in [2.45, 2.75) is 31.4 Å². The second-order valence-electron chi connectivity index (χ2n) is 7.05. The molecule has 0 aliphatic heterocycles. The van der Waals surface area contributed by atoms with Crippen LogP contribution in [-0.4, -0.2) is 0 Å². The average Bonchev–Trinajstić information content (AvgIpc) is 2.64. The number of H-pyrrole nitrogens is 2.